The van der Waals surface area contributed by atoms with Gasteiger partial charge < -0.3 is 0 Å². The highest BCUT2D eigenvalue weighted by Crippen LogP contribution is 2.37. The summed E-state index contributed by atoms with van der Waals surface area (Å²) >= 11 is 5.75. The Labute approximate surface area is 153 Å². The minimum Gasteiger partial charge on any atom is -0.251 e. The topological polar surface area (TPSA) is 0 Å². The lowest BCUT2D eigenvalue weighted by atomic mass is 9.78. The molecule has 3 rings (SSSR count). The van der Waals surface area contributed by atoms with E-state index in [9.17, 15) is 8.78 Å². The van der Waals surface area contributed by atoms with Crippen LogP contribution >= 0.6 is 11.6 Å². The number of benzene rings is 2. The van der Waals surface area contributed by atoms with Gasteiger partial charge in [0, 0.05) is 0 Å². The van der Waals surface area contributed by atoms with Crippen LogP contribution in [-0.4, -0.2) is 6.67 Å². The summed E-state index contributed by atoms with van der Waals surface area (Å²) in [7, 11) is 0. The van der Waals surface area contributed by atoms with Gasteiger partial charge in [0.1, 0.15) is 5.82 Å². The third kappa shape index (κ3) is 4.70. The van der Waals surface area contributed by atoms with Crippen molar-refractivity contribution in [2.75, 3.05) is 6.67 Å². The van der Waals surface area contributed by atoms with Crippen LogP contribution in [0.25, 0.3) is 11.1 Å². The molecule has 0 N–H and O–H groups in total. The van der Waals surface area contributed by atoms with Crippen molar-refractivity contribution < 1.29 is 8.78 Å². The largest absolute Gasteiger partial charge is 0.251 e. The highest BCUT2D eigenvalue weighted by Gasteiger charge is 2.20. The molecule has 0 nitrogen and oxygen atoms in total. The molecule has 0 bridgehead atoms. The van der Waals surface area contributed by atoms with Crippen LogP contribution < -0.4 is 0 Å². The highest BCUT2D eigenvalue weighted by atomic mass is 35.5. The van der Waals surface area contributed by atoms with Crippen molar-refractivity contribution >= 4 is 11.6 Å². The van der Waals surface area contributed by atoms with E-state index in [2.05, 4.69) is 30.3 Å². The zero-order chi connectivity index (χ0) is 17.6. The van der Waals surface area contributed by atoms with Crippen LogP contribution in [0.3, 0.4) is 0 Å². The molecule has 0 aliphatic heterocycles. The smallest absolute Gasteiger partial charge is 0.142 e. The zero-order valence-electron chi connectivity index (χ0n) is 14.2. The molecule has 0 atom stereocenters. The normalized spacial score (nSPS) is 20.9. The standard InChI is InChI=1S/C22H23ClF2/c23-21-13-12-20(15-22(21)25)19-10-8-18(9-11-19)17-6-4-16(5-7-17)3-1-2-14-24/h1,3,8-13,15-17H,2,4-7,14H2/b3-1+/t16-,17-. The summed E-state index contributed by atoms with van der Waals surface area (Å²) in [6.07, 6.45) is 9.36. The van der Waals surface area contributed by atoms with Gasteiger partial charge in [-0.2, -0.15) is 0 Å². The number of alkyl halides is 1. The molecular weight excluding hydrogens is 338 g/mol. The maximum Gasteiger partial charge on any atom is 0.142 e. The van der Waals surface area contributed by atoms with E-state index >= 15 is 0 Å². The van der Waals surface area contributed by atoms with Crippen molar-refractivity contribution in [2.24, 2.45) is 5.92 Å². The molecule has 0 unspecified atom stereocenters. The zero-order valence-corrected chi connectivity index (χ0v) is 15.0. The van der Waals surface area contributed by atoms with Gasteiger partial charge in [-0.15, -0.1) is 0 Å². The van der Waals surface area contributed by atoms with Gasteiger partial charge >= 0.3 is 0 Å². The van der Waals surface area contributed by atoms with E-state index in [0.717, 1.165) is 24.0 Å². The van der Waals surface area contributed by atoms with E-state index < -0.39 is 0 Å². The summed E-state index contributed by atoms with van der Waals surface area (Å²) in [6.45, 7) is -0.268. The van der Waals surface area contributed by atoms with Gasteiger partial charge in [0.15, 0.2) is 0 Å². The second-order valence-corrected chi connectivity index (χ2v) is 7.18. The van der Waals surface area contributed by atoms with E-state index in [-0.39, 0.29) is 17.5 Å². The first-order chi connectivity index (χ1) is 12.2. The van der Waals surface area contributed by atoms with Gasteiger partial charge in [-0.3, -0.25) is 4.39 Å². The first kappa shape index (κ1) is 18.1. The molecule has 1 aliphatic carbocycles. The van der Waals surface area contributed by atoms with E-state index in [0.29, 0.717) is 18.3 Å². The van der Waals surface area contributed by atoms with E-state index in [1.165, 1.54) is 24.5 Å². The first-order valence-electron chi connectivity index (χ1n) is 8.95. The lowest BCUT2D eigenvalue weighted by molar-refractivity contribution is 0.375. The fourth-order valence-electron chi connectivity index (χ4n) is 3.62. The Morgan fingerprint density at radius 2 is 1.64 bits per heavy atom. The number of allylic oxidation sites excluding steroid dienone is 2. The Morgan fingerprint density at radius 1 is 0.960 bits per heavy atom. The van der Waals surface area contributed by atoms with Crippen molar-refractivity contribution in [3.05, 3.63) is 71.0 Å². The maximum absolute atomic E-state index is 13.6. The quantitative estimate of drug-likeness (QED) is 0.489. The van der Waals surface area contributed by atoms with Gasteiger partial charge in [-0.25, -0.2) is 4.39 Å². The Balaban J connectivity index is 1.62. The number of hydrogen-bond acceptors (Lipinski definition) is 0. The first-order valence-corrected chi connectivity index (χ1v) is 9.33. The molecule has 132 valence electrons. The van der Waals surface area contributed by atoms with E-state index in [4.69, 9.17) is 11.6 Å². The fraction of sp³-hybridized carbons (Fsp3) is 0.364. The van der Waals surface area contributed by atoms with Gasteiger partial charge in [0.2, 0.25) is 0 Å². The van der Waals surface area contributed by atoms with Crippen LogP contribution in [0.1, 0.15) is 43.6 Å². The van der Waals surface area contributed by atoms with Crippen LogP contribution in [-0.2, 0) is 0 Å². The summed E-state index contributed by atoms with van der Waals surface area (Å²) in [6, 6.07) is 13.4. The third-order valence-electron chi connectivity index (χ3n) is 5.09. The SMILES string of the molecule is FCC/C=C/[C@H]1CC[C@H](c2ccc(-c3ccc(Cl)c(F)c3)cc2)CC1. The highest BCUT2D eigenvalue weighted by molar-refractivity contribution is 6.30. The Hall–Kier alpha value is -1.67. The Bertz CT molecular complexity index is 713. The molecule has 1 fully saturated rings. The Morgan fingerprint density at radius 3 is 2.28 bits per heavy atom. The van der Waals surface area contributed by atoms with Crippen molar-refractivity contribution in [1.82, 2.24) is 0 Å². The molecule has 0 spiro atoms. The van der Waals surface area contributed by atoms with Crippen molar-refractivity contribution in [3.8, 4) is 11.1 Å². The molecule has 1 saturated carbocycles. The lowest BCUT2D eigenvalue weighted by Gasteiger charge is -2.27. The summed E-state index contributed by atoms with van der Waals surface area (Å²) in [5.41, 5.74) is 3.20. The summed E-state index contributed by atoms with van der Waals surface area (Å²) < 4.78 is 25.8. The van der Waals surface area contributed by atoms with Crippen molar-refractivity contribution in [1.29, 1.82) is 0 Å². The predicted molar refractivity (Wildman–Crippen MR) is 101 cm³/mol. The van der Waals surface area contributed by atoms with Crippen molar-refractivity contribution in [2.45, 2.75) is 38.0 Å². The van der Waals surface area contributed by atoms with Crippen LogP contribution in [0, 0.1) is 11.7 Å². The third-order valence-corrected chi connectivity index (χ3v) is 5.40. The van der Waals surface area contributed by atoms with Gasteiger partial charge in [0.05, 0.1) is 11.7 Å². The number of halogens is 3. The average Bonchev–Trinajstić information content (AvgIpc) is 2.65. The minimum absolute atomic E-state index is 0.151. The second-order valence-electron chi connectivity index (χ2n) is 6.77. The summed E-state index contributed by atoms with van der Waals surface area (Å²) in [5, 5.41) is 0.151. The van der Waals surface area contributed by atoms with Crippen molar-refractivity contribution in [3.63, 3.8) is 0 Å². The molecule has 0 amide bonds. The molecule has 0 heterocycles. The van der Waals surface area contributed by atoms with Crippen LogP contribution in [0.4, 0.5) is 8.78 Å². The van der Waals surface area contributed by atoms with Gasteiger partial charge in [0.25, 0.3) is 0 Å². The second kappa shape index (κ2) is 8.62. The molecule has 25 heavy (non-hydrogen) atoms. The lowest BCUT2D eigenvalue weighted by Crippen LogP contribution is -2.11. The molecule has 1 aliphatic rings. The van der Waals surface area contributed by atoms with Crippen LogP contribution in [0.15, 0.2) is 54.6 Å². The van der Waals surface area contributed by atoms with Crippen LogP contribution in [0.5, 0.6) is 0 Å². The predicted octanol–water partition coefficient (Wildman–Crippen LogP) is 7.34. The van der Waals surface area contributed by atoms with Crippen LogP contribution in [0.2, 0.25) is 5.02 Å². The van der Waals surface area contributed by atoms with E-state index in [1.54, 1.807) is 6.07 Å². The molecule has 2 aromatic rings. The minimum atomic E-state index is -0.387. The Kier molecular flexibility index (Phi) is 6.25. The monoisotopic (exact) mass is 360 g/mol. The average molecular weight is 361 g/mol. The number of hydrogen-bond donors (Lipinski definition) is 0. The molecule has 3 heteroatoms. The van der Waals surface area contributed by atoms with E-state index in [1.807, 2.05) is 12.1 Å². The summed E-state index contributed by atoms with van der Waals surface area (Å²) in [4.78, 5) is 0. The van der Waals surface area contributed by atoms with Gasteiger partial charge in [-0.05, 0) is 72.8 Å². The molecule has 0 aromatic heterocycles. The fourth-order valence-corrected chi connectivity index (χ4v) is 3.74. The molecule has 0 radical (unpaired) electrons. The van der Waals surface area contributed by atoms with Gasteiger partial charge in [-0.1, -0.05) is 54.1 Å². The summed E-state index contributed by atoms with van der Waals surface area (Å²) in [5.74, 6) is 0.795. The molecule has 2 aromatic carbocycles. The number of rotatable bonds is 5. The maximum atomic E-state index is 13.6. The molecule has 0 saturated heterocycles. The molecular formula is C22H23ClF2.